The Balaban J connectivity index is 2.28. The summed E-state index contributed by atoms with van der Waals surface area (Å²) in [7, 11) is 1.70. The zero-order valence-corrected chi connectivity index (χ0v) is 12.0. The molecule has 2 unspecified atom stereocenters. The van der Waals surface area contributed by atoms with E-state index in [0.29, 0.717) is 26.1 Å². The van der Waals surface area contributed by atoms with E-state index >= 15 is 0 Å². The molecule has 0 aromatic heterocycles. The fourth-order valence-corrected chi connectivity index (χ4v) is 2.44. The molecule has 0 radical (unpaired) electrons. The second-order valence-corrected chi connectivity index (χ2v) is 5.09. The first kappa shape index (κ1) is 16.9. The quantitative estimate of drug-likeness (QED) is 0.515. The zero-order valence-electron chi connectivity index (χ0n) is 12.0. The number of hydrogen-bond donors (Lipinski definition) is 3. The van der Waals surface area contributed by atoms with Crippen molar-refractivity contribution in [3.8, 4) is 0 Å². The van der Waals surface area contributed by atoms with Crippen molar-refractivity contribution >= 4 is 11.9 Å². The molecule has 7 nitrogen and oxygen atoms in total. The molecular weight excluding hydrogens is 262 g/mol. The van der Waals surface area contributed by atoms with Crippen molar-refractivity contribution in [2.75, 3.05) is 33.3 Å². The highest BCUT2D eigenvalue weighted by Crippen LogP contribution is 2.18. The zero-order chi connectivity index (χ0) is 15.0. The topological polar surface area (TPSA) is 105 Å². The Morgan fingerprint density at radius 2 is 2.25 bits per heavy atom. The number of piperidine rings is 1. The van der Waals surface area contributed by atoms with E-state index in [2.05, 4.69) is 10.2 Å². The van der Waals surface area contributed by atoms with Crippen molar-refractivity contribution in [2.45, 2.75) is 37.8 Å². The average Bonchev–Trinajstić information content (AvgIpc) is 2.43. The van der Waals surface area contributed by atoms with Crippen molar-refractivity contribution in [3.63, 3.8) is 0 Å². The van der Waals surface area contributed by atoms with Crippen LogP contribution in [0.15, 0.2) is 0 Å². The van der Waals surface area contributed by atoms with Crippen LogP contribution in [-0.2, 0) is 14.3 Å². The average molecular weight is 287 g/mol. The molecule has 0 bridgehead atoms. The number of methoxy groups -OCH3 is 1. The van der Waals surface area contributed by atoms with Crippen LogP contribution in [0.2, 0.25) is 0 Å². The van der Waals surface area contributed by atoms with Crippen LogP contribution in [0.4, 0.5) is 0 Å². The summed E-state index contributed by atoms with van der Waals surface area (Å²) in [6.07, 6.45) is 2.50. The number of carboxylic acid groups (broad SMARTS) is 1. The van der Waals surface area contributed by atoms with E-state index in [1.165, 1.54) is 0 Å². The van der Waals surface area contributed by atoms with Crippen LogP contribution >= 0.6 is 0 Å². The number of nitrogens with zero attached hydrogens (tertiary/aromatic N) is 1. The Kier molecular flexibility index (Phi) is 7.50. The monoisotopic (exact) mass is 287 g/mol. The molecule has 7 heteroatoms. The molecule has 1 rings (SSSR count). The van der Waals surface area contributed by atoms with E-state index in [9.17, 15) is 9.59 Å². The Labute approximate surface area is 119 Å². The lowest BCUT2D eigenvalue weighted by atomic mass is 9.99. The van der Waals surface area contributed by atoms with Crippen molar-refractivity contribution in [1.82, 2.24) is 10.2 Å². The number of carbonyl (C=O) groups is 2. The summed E-state index contributed by atoms with van der Waals surface area (Å²) in [6, 6.07) is 0.165. The molecule has 4 N–H and O–H groups in total. The molecule has 1 aliphatic heterocycles. The van der Waals surface area contributed by atoms with E-state index in [0.717, 1.165) is 19.4 Å². The van der Waals surface area contributed by atoms with Gasteiger partial charge in [0.2, 0.25) is 5.91 Å². The summed E-state index contributed by atoms with van der Waals surface area (Å²) in [5.41, 5.74) is 5.75. The summed E-state index contributed by atoms with van der Waals surface area (Å²) < 4.78 is 5.34. The maximum Gasteiger partial charge on any atom is 0.303 e. The Morgan fingerprint density at radius 3 is 2.85 bits per heavy atom. The van der Waals surface area contributed by atoms with E-state index in [1.54, 1.807) is 7.11 Å². The lowest BCUT2D eigenvalue weighted by molar-refractivity contribution is -0.137. The fraction of sp³-hybridized carbons (Fsp3) is 0.846. The van der Waals surface area contributed by atoms with Gasteiger partial charge < -0.3 is 20.9 Å². The minimum absolute atomic E-state index is 0.0743. The third-order valence-electron chi connectivity index (χ3n) is 3.63. The summed E-state index contributed by atoms with van der Waals surface area (Å²) in [4.78, 5) is 24.2. The number of amides is 1. The van der Waals surface area contributed by atoms with Gasteiger partial charge in [0.25, 0.3) is 0 Å². The Hall–Kier alpha value is -1.18. The number of carbonyl (C=O) groups excluding carboxylic acids is 1. The molecule has 2 atom stereocenters. The number of hydrogen-bond acceptors (Lipinski definition) is 5. The summed E-state index contributed by atoms with van der Waals surface area (Å²) in [5.74, 6) is -0.922. The molecule has 0 aromatic carbocycles. The normalized spacial score (nSPS) is 23.5. The molecule has 1 amide bonds. The minimum Gasteiger partial charge on any atom is -0.481 e. The van der Waals surface area contributed by atoms with Gasteiger partial charge in [-0.2, -0.15) is 0 Å². The van der Waals surface area contributed by atoms with Crippen molar-refractivity contribution < 1.29 is 19.4 Å². The second kappa shape index (κ2) is 8.89. The third-order valence-corrected chi connectivity index (χ3v) is 3.63. The fourth-order valence-electron chi connectivity index (χ4n) is 2.44. The number of carboxylic acids is 1. The molecular formula is C13H25N3O4. The number of nitrogens with one attached hydrogen (secondary N) is 1. The molecule has 1 fully saturated rings. The maximum atomic E-state index is 11.8. The SMILES string of the molecule is COC1CCN(CC(=O)NCCCC(=O)O)C(CN)C1. The lowest BCUT2D eigenvalue weighted by Gasteiger charge is -2.37. The largest absolute Gasteiger partial charge is 0.481 e. The van der Waals surface area contributed by atoms with Crippen LogP contribution < -0.4 is 11.1 Å². The first-order chi connectivity index (χ1) is 9.56. The van der Waals surface area contributed by atoms with Gasteiger partial charge in [-0.3, -0.25) is 14.5 Å². The molecule has 0 aromatic rings. The van der Waals surface area contributed by atoms with Gasteiger partial charge in [0.1, 0.15) is 0 Å². The van der Waals surface area contributed by atoms with Gasteiger partial charge in [-0.1, -0.05) is 0 Å². The molecule has 116 valence electrons. The maximum absolute atomic E-state index is 11.8. The van der Waals surface area contributed by atoms with E-state index in [-0.39, 0.29) is 24.5 Å². The predicted octanol–water partition coefficient (Wildman–Crippen LogP) is -0.594. The first-order valence-corrected chi connectivity index (χ1v) is 7.02. The van der Waals surface area contributed by atoms with Crippen LogP contribution in [0.25, 0.3) is 0 Å². The standard InChI is InChI=1S/C13H25N3O4/c1-20-11-4-6-16(10(7-11)8-14)9-12(17)15-5-2-3-13(18)19/h10-11H,2-9,14H2,1H3,(H,15,17)(H,18,19). The molecule has 0 aliphatic carbocycles. The summed E-state index contributed by atoms with van der Waals surface area (Å²) in [6.45, 7) is 2.01. The number of rotatable bonds is 8. The summed E-state index contributed by atoms with van der Waals surface area (Å²) in [5, 5.41) is 11.2. The summed E-state index contributed by atoms with van der Waals surface area (Å²) >= 11 is 0. The van der Waals surface area contributed by atoms with Gasteiger partial charge in [0, 0.05) is 39.2 Å². The highest BCUT2D eigenvalue weighted by atomic mass is 16.5. The van der Waals surface area contributed by atoms with Gasteiger partial charge in [-0.05, 0) is 19.3 Å². The molecule has 1 saturated heterocycles. The molecule has 0 spiro atoms. The predicted molar refractivity (Wildman–Crippen MR) is 74.3 cm³/mol. The van der Waals surface area contributed by atoms with Crippen LogP contribution in [0.5, 0.6) is 0 Å². The molecule has 20 heavy (non-hydrogen) atoms. The van der Waals surface area contributed by atoms with Crippen molar-refractivity contribution in [3.05, 3.63) is 0 Å². The van der Waals surface area contributed by atoms with Crippen LogP contribution in [0.1, 0.15) is 25.7 Å². The highest BCUT2D eigenvalue weighted by Gasteiger charge is 2.28. The molecule has 0 saturated carbocycles. The van der Waals surface area contributed by atoms with Crippen molar-refractivity contribution in [1.29, 1.82) is 0 Å². The number of likely N-dealkylation sites (tertiary alicyclic amines) is 1. The Morgan fingerprint density at radius 1 is 1.50 bits per heavy atom. The highest BCUT2D eigenvalue weighted by molar-refractivity contribution is 5.78. The second-order valence-electron chi connectivity index (χ2n) is 5.09. The lowest BCUT2D eigenvalue weighted by Crippen LogP contribution is -2.51. The van der Waals surface area contributed by atoms with Gasteiger partial charge in [0.15, 0.2) is 0 Å². The number of ether oxygens (including phenoxy) is 1. The first-order valence-electron chi connectivity index (χ1n) is 7.02. The van der Waals surface area contributed by atoms with Gasteiger partial charge in [-0.25, -0.2) is 0 Å². The molecule has 1 heterocycles. The minimum atomic E-state index is -0.843. The van der Waals surface area contributed by atoms with Gasteiger partial charge in [0.05, 0.1) is 12.6 Å². The Bertz CT molecular complexity index is 325. The van der Waals surface area contributed by atoms with E-state index < -0.39 is 5.97 Å². The van der Waals surface area contributed by atoms with Crippen LogP contribution in [0, 0.1) is 0 Å². The van der Waals surface area contributed by atoms with Crippen molar-refractivity contribution in [2.24, 2.45) is 5.73 Å². The van der Waals surface area contributed by atoms with E-state index in [4.69, 9.17) is 15.6 Å². The van der Waals surface area contributed by atoms with Gasteiger partial charge >= 0.3 is 5.97 Å². The molecule has 1 aliphatic rings. The van der Waals surface area contributed by atoms with Crippen LogP contribution in [-0.4, -0.2) is 67.3 Å². The number of nitrogens with two attached hydrogens (primary N) is 1. The van der Waals surface area contributed by atoms with Crippen LogP contribution in [0.3, 0.4) is 0 Å². The van der Waals surface area contributed by atoms with E-state index in [1.807, 2.05) is 0 Å². The third kappa shape index (κ3) is 5.85. The number of aliphatic carboxylic acids is 1. The smallest absolute Gasteiger partial charge is 0.303 e. The van der Waals surface area contributed by atoms with Gasteiger partial charge in [-0.15, -0.1) is 0 Å².